The summed E-state index contributed by atoms with van der Waals surface area (Å²) in [5.74, 6) is -0.876. The van der Waals surface area contributed by atoms with Crippen LogP contribution < -0.4 is 5.32 Å². The van der Waals surface area contributed by atoms with Crippen molar-refractivity contribution in [3.8, 4) is 0 Å². The number of aromatic nitrogens is 1. The van der Waals surface area contributed by atoms with Gasteiger partial charge in [-0.3, -0.25) is 19.3 Å². The number of carbonyl (C=O) groups is 3. The lowest BCUT2D eigenvalue weighted by Crippen LogP contribution is -2.41. The standard InChI is InChI=1S/C23H21N3O3S/c27-20(25-23-24-18-11-5-6-12-19(18)30-23)15-8-2-1-7-14(15)13-26-21(28)16-9-3-4-10-17(16)22(26)29/h3-6,9-12,14-15H,1-2,7-8,13H2,(H,24,25,27). The smallest absolute Gasteiger partial charge is 0.261 e. The molecule has 2 aliphatic rings. The fourth-order valence-electron chi connectivity index (χ4n) is 4.53. The summed E-state index contributed by atoms with van der Waals surface area (Å²) >= 11 is 1.45. The Morgan fingerprint density at radius 3 is 2.40 bits per heavy atom. The Kier molecular flexibility index (Phi) is 4.83. The van der Waals surface area contributed by atoms with Crippen LogP contribution in [0.25, 0.3) is 10.2 Å². The van der Waals surface area contributed by atoms with Crippen molar-refractivity contribution >= 4 is 44.4 Å². The van der Waals surface area contributed by atoms with E-state index in [9.17, 15) is 14.4 Å². The third-order valence-corrected chi connectivity index (χ3v) is 7.02. The summed E-state index contributed by atoms with van der Waals surface area (Å²) in [5.41, 5.74) is 1.77. The minimum atomic E-state index is -0.258. The Balaban J connectivity index is 1.33. The van der Waals surface area contributed by atoms with Gasteiger partial charge in [-0.2, -0.15) is 0 Å². The van der Waals surface area contributed by atoms with Crippen LogP contribution >= 0.6 is 11.3 Å². The molecule has 152 valence electrons. The van der Waals surface area contributed by atoms with Gasteiger partial charge < -0.3 is 5.32 Å². The molecule has 0 radical (unpaired) electrons. The highest BCUT2D eigenvalue weighted by Gasteiger charge is 2.40. The third kappa shape index (κ3) is 3.29. The number of nitrogens with zero attached hydrogens (tertiary/aromatic N) is 2. The van der Waals surface area contributed by atoms with E-state index in [-0.39, 0.29) is 36.1 Å². The second-order valence-corrected chi connectivity index (χ2v) is 8.92. The van der Waals surface area contributed by atoms with Crippen LogP contribution in [-0.4, -0.2) is 34.2 Å². The van der Waals surface area contributed by atoms with Gasteiger partial charge in [-0.05, 0) is 43.0 Å². The van der Waals surface area contributed by atoms with Crippen LogP contribution in [0.1, 0.15) is 46.4 Å². The van der Waals surface area contributed by atoms with Crippen LogP contribution in [-0.2, 0) is 4.79 Å². The van der Waals surface area contributed by atoms with Crippen molar-refractivity contribution in [1.82, 2.24) is 9.88 Å². The molecule has 1 fully saturated rings. The molecule has 1 aromatic heterocycles. The van der Waals surface area contributed by atoms with E-state index in [1.54, 1.807) is 24.3 Å². The second-order valence-electron chi connectivity index (χ2n) is 7.89. The Morgan fingerprint density at radius 1 is 1.00 bits per heavy atom. The van der Waals surface area contributed by atoms with Crippen molar-refractivity contribution in [1.29, 1.82) is 0 Å². The Labute approximate surface area is 177 Å². The predicted octanol–water partition coefficient (Wildman–Crippen LogP) is 4.34. The Bertz CT molecular complexity index is 1090. The predicted molar refractivity (Wildman–Crippen MR) is 116 cm³/mol. The van der Waals surface area contributed by atoms with Crippen molar-refractivity contribution in [2.75, 3.05) is 11.9 Å². The van der Waals surface area contributed by atoms with Gasteiger partial charge in [0.15, 0.2) is 5.13 Å². The maximum absolute atomic E-state index is 13.1. The largest absolute Gasteiger partial charge is 0.302 e. The van der Waals surface area contributed by atoms with Gasteiger partial charge in [0.05, 0.1) is 21.3 Å². The van der Waals surface area contributed by atoms with Gasteiger partial charge in [0, 0.05) is 12.5 Å². The zero-order chi connectivity index (χ0) is 20.7. The minimum absolute atomic E-state index is 0.0460. The molecule has 1 aliphatic carbocycles. The van der Waals surface area contributed by atoms with Gasteiger partial charge >= 0.3 is 0 Å². The van der Waals surface area contributed by atoms with Crippen LogP contribution in [0.4, 0.5) is 5.13 Å². The highest BCUT2D eigenvalue weighted by molar-refractivity contribution is 7.22. The van der Waals surface area contributed by atoms with Crippen molar-refractivity contribution in [3.05, 3.63) is 59.7 Å². The number of benzene rings is 2. The van der Waals surface area contributed by atoms with E-state index in [4.69, 9.17) is 0 Å². The molecule has 2 unspecified atom stereocenters. The summed E-state index contributed by atoms with van der Waals surface area (Å²) in [6, 6.07) is 14.7. The molecule has 2 atom stereocenters. The number of amides is 3. The van der Waals surface area contributed by atoms with Crippen molar-refractivity contribution in [2.45, 2.75) is 25.7 Å². The molecule has 0 bridgehead atoms. The number of nitrogens with one attached hydrogen (secondary N) is 1. The third-order valence-electron chi connectivity index (χ3n) is 6.07. The fraction of sp³-hybridized carbons (Fsp3) is 0.304. The SMILES string of the molecule is O=C(Nc1nc2ccccc2s1)C1CCCCC1CN1C(=O)c2ccccc2C1=O. The molecule has 1 saturated carbocycles. The highest BCUT2D eigenvalue weighted by Crippen LogP contribution is 2.35. The van der Waals surface area contributed by atoms with Gasteiger partial charge in [-0.1, -0.05) is 48.4 Å². The molecule has 2 aromatic carbocycles. The molecular formula is C23H21N3O3S. The van der Waals surface area contributed by atoms with Gasteiger partial charge in [-0.15, -0.1) is 0 Å². The van der Waals surface area contributed by atoms with Gasteiger partial charge in [0.1, 0.15) is 0 Å². The number of thiazole rings is 1. The van der Waals surface area contributed by atoms with Crippen LogP contribution in [0.2, 0.25) is 0 Å². The summed E-state index contributed by atoms with van der Waals surface area (Å²) in [6.45, 7) is 0.282. The lowest BCUT2D eigenvalue weighted by Gasteiger charge is -2.32. The first-order chi connectivity index (χ1) is 14.6. The molecule has 3 aromatic rings. The summed E-state index contributed by atoms with van der Waals surface area (Å²) in [5, 5.41) is 3.56. The maximum Gasteiger partial charge on any atom is 0.261 e. The number of carbonyl (C=O) groups excluding carboxylic acids is 3. The van der Waals surface area contributed by atoms with Crippen LogP contribution in [0.5, 0.6) is 0 Å². The number of para-hydroxylation sites is 1. The molecule has 1 N–H and O–H groups in total. The molecule has 6 nitrogen and oxygen atoms in total. The van der Waals surface area contributed by atoms with Crippen molar-refractivity contribution in [2.24, 2.45) is 11.8 Å². The number of rotatable bonds is 4. The number of hydrogen-bond donors (Lipinski definition) is 1. The lowest BCUT2D eigenvalue weighted by molar-refractivity contribution is -0.122. The monoisotopic (exact) mass is 419 g/mol. The lowest BCUT2D eigenvalue weighted by atomic mass is 9.78. The van der Waals surface area contributed by atoms with E-state index in [0.29, 0.717) is 16.3 Å². The number of anilines is 1. The molecular weight excluding hydrogens is 398 g/mol. The normalized spacial score (nSPS) is 21.1. The first-order valence-corrected chi connectivity index (χ1v) is 11.0. The average molecular weight is 420 g/mol. The molecule has 0 saturated heterocycles. The molecule has 30 heavy (non-hydrogen) atoms. The number of fused-ring (bicyclic) bond motifs is 2. The Morgan fingerprint density at radius 2 is 1.67 bits per heavy atom. The van der Waals surface area contributed by atoms with Crippen LogP contribution in [0.3, 0.4) is 0 Å². The summed E-state index contributed by atoms with van der Waals surface area (Å²) < 4.78 is 1.03. The maximum atomic E-state index is 13.1. The van der Waals surface area contributed by atoms with E-state index in [1.807, 2.05) is 24.3 Å². The van der Waals surface area contributed by atoms with E-state index in [0.717, 1.165) is 35.9 Å². The minimum Gasteiger partial charge on any atom is -0.302 e. The van der Waals surface area contributed by atoms with E-state index < -0.39 is 0 Å². The number of imide groups is 1. The zero-order valence-corrected chi connectivity index (χ0v) is 17.2. The van der Waals surface area contributed by atoms with Crippen molar-refractivity contribution < 1.29 is 14.4 Å². The molecule has 7 heteroatoms. The number of hydrogen-bond acceptors (Lipinski definition) is 5. The highest BCUT2D eigenvalue weighted by atomic mass is 32.1. The molecule has 3 amide bonds. The molecule has 5 rings (SSSR count). The van der Waals surface area contributed by atoms with E-state index in [1.165, 1.54) is 16.2 Å². The Hall–Kier alpha value is -3.06. The quantitative estimate of drug-likeness (QED) is 0.638. The summed E-state index contributed by atoms with van der Waals surface area (Å²) in [7, 11) is 0. The van der Waals surface area contributed by atoms with Crippen LogP contribution in [0, 0.1) is 11.8 Å². The average Bonchev–Trinajstić information content (AvgIpc) is 3.28. The summed E-state index contributed by atoms with van der Waals surface area (Å²) in [6.07, 6.45) is 3.55. The fourth-order valence-corrected chi connectivity index (χ4v) is 5.40. The molecule has 1 aliphatic heterocycles. The molecule has 0 spiro atoms. The topological polar surface area (TPSA) is 79.4 Å². The zero-order valence-electron chi connectivity index (χ0n) is 16.3. The first kappa shape index (κ1) is 18.9. The molecule has 2 heterocycles. The van der Waals surface area contributed by atoms with Crippen molar-refractivity contribution in [3.63, 3.8) is 0 Å². The van der Waals surface area contributed by atoms with Gasteiger partial charge in [-0.25, -0.2) is 4.98 Å². The van der Waals surface area contributed by atoms with E-state index >= 15 is 0 Å². The summed E-state index contributed by atoms with van der Waals surface area (Å²) in [4.78, 5) is 44.4. The van der Waals surface area contributed by atoms with E-state index in [2.05, 4.69) is 10.3 Å². The van der Waals surface area contributed by atoms with Crippen LogP contribution in [0.15, 0.2) is 48.5 Å². The second kappa shape index (κ2) is 7.65. The van der Waals surface area contributed by atoms with Gasteiger partial charge in [0.25, 0.3) is 11.8 Å². The van der Waals surface area contributed by atoms with Gasteiger partial charge in [0.2, 0.25) is 5.91 Å². The first-order valence-electron chi connectivity index (χ1n) is 10.2.